The Balaban J connectivity index is 1.17. The molecule has 1 aliphatic heterocycles. The van der Waals surface area contributed by atoms with Gasteiger partial charge in [-0.1, -0.05) is 0 Å². The number of carbonyl (C=O) groups excluding carboxylic acids is 1. The molecule has 33 heavy (non-hydrogen) atoms. The highest BCUT2D eigenvalue weighted by Gasteiger charge is 2.32. The molecule has 0 unspecified atom stereocenters. The number of anilines is 1. The molecule has 0 spiro atoms. The number of fused-ring (bicyclic) bond motifs is 1. The smallest absolute Gasteiger partial charge is 0.330 e. The summed E-state index contributed by atoms with van der Waals surface area (Å²) >= 11 is 0. The lowest BCUT2D eigenvalue weighted by Crippen LogP contribution is -2.51. The maximum atomic E-state index is 13.1. The molecular weight excluding hydrogens is 422 g/mol. The standard InChI is InChI=1S/C23H29N7O3/c1-27-18-7-8-19(31)26-20(18)30(23(27)33)15-16-3-5-17(6-4-16)21(32)28-11-13-29(14-12-28)22-24-9-2-10-25-22/h2,7-10,16-17H,3-6,11-15H2,1H3,(H,26,31). The van der Waals surface area contributed by atoms with Crippen LogP contribution in [0.25, 0.3) is 11.2 Å². The molecule has 0 radical (unpaired) electrons. The normalized spacial score (nSPS) is 21.5. The first-order valence-corrected chi connectivity index (χ1v) is 11.6. The summed E-state index contributed by atoms with van der Waals surface area (Å²) in [6.45, 7) is 3.43. The highest BCUT2D eigenvalue weighted by Crippen LogP contribution is 2.31. The number of imidazole rings is 1. The minimum Gasteiger partial charge on any atom is -0.339 e. The first-order valence-electron chi connectivity index (χ1n) is 11.6. The SMILES string of the molecule is Cn1c(=O)n(CC2CCC(C(=O)N3CCN(c4ncccn4)CC3)CC2)c2[nH]c(=O)ccc21. The Morgan fingerprint density at radius 2 is 1.73 bits per heavy atom. The van der Waals surface area contributed by atoms with Crippen molar-refractivity contribution in [1.29, 1.82) is 0 Å². The van der Waals surface area contributed by atoms with Gasteiger partial charge in [-0.15, -0.1) is 0 Å². The molecule has 3 aromatic rings. The topological polar surface area (TPSA) is 109 Å². The van der Waals surface area contributed by atoms with Crippen molar-refractivity contribution in [1.82, 2.24) is 29.0 Å². The third kappa shape index (κ3) is 4.17. The summed E-state index contributed by atoms with van der Waals surface area (Å²) in [5.41, 5.74) is 0.970. The van der Waals surface area contributed by atoms with E-state index in [1.165, 1.54) is 6.07 Å². The Kier molecular flexibility index (Phi) is 5.74. The highest BCUT2D eigenvalue weighted by atomic mass is 16.2. The fraction of sp³-hybridized carbons (Fsp3) is 0.522. The van der Waals surface area contributed by atoms with E-state index in [2.05, 4.69) is 19.9 Å². The van der Waals surface area contributed by atoms with Gasteiger partial charge in [0.05, 0.1) is 5.52 Å². The lowest BCUT2D eigenvalue weighted by Gasteiger charge is -2.37. The molecule has 1 N–H and O–H groups in total. The number of aryl methyl sites for hydroxylation is 1. The summed E-state index contributed by atoms with van der Waals surface area (Å²) in [5.74, 6) is 1.32. The number of aromatic amines is 1. The third-order valence-electron chi connectivity index (χ3n) is 7.09. The number of nitrogens with zero attached hydrogens (tertiary/aromatic N) is 6. The van der Waals surface area contributed by atoms with Crippen molar-refractivity contribution in [2.24, 2.45) is 18.9 Å². The molecule has 1 saturated carbocycles. The van der Waals surface area contributed by atoms with Crippen molar-refractivity contribution in [3.63, 3.8) is 0 Å². The molecule has 2 fully saturated rings. The van der Waals surface area contributed by atoms with Crippen LogP contribution in [0.1, 0.15) is 25.7 Å². The molecule has 1 aliphatic carbocycles. The van der Waals surface area contributed by atoms with Crippen LogP contribution in [-0.2, 0) is 18.4 Å². The van der Waals surface area contributed by atoms with Crippen LogP contribution in [0.4, 0.5) is 5.95 Å². The molecule has 174 valence electrons. The van der Waals surface area contributed by atoms with Crippen LogP contribution in [-0.4, -0.2) is 61.1 Å². The summed E-state index contributed by atoms with van der Waals surface area (Å²) in [6, 6.07) is 4.93. The predicted octanol–water partition coefficient (Wildman–Crippen LogP) is 0.974. The van der Waals surface area contributed by atoms with E-state index in [4.69, 9.17) is 0 Å². The van der Waals surface area contributed by atoms with Gasteiger partial charge in [0.1, 0.15) is 5.65 Å². The van der Waals surface area contributed by atoms with E-state index in [9.17, 15) is 14.4 Å². The number of aromatic nitrogens is 5. The largest absolute Gasteiger partial charge is 0.339 e. The van der Waals surface area contributed by atoms with Gasteiger partial charge in [0.25, 0.3) is 0 Å². The molecule has 1 amide bonds. The fourth-order valence-corrected chi connectivity index (χ4v) is 5.17. The van der Waals surface area contributed by atoms with Crippen molar-refractivity contribution >= 4 is 23.0 Å². The van der Waals surface area contributed by atoms with Crippen molar-refractivity contribution in [2.75, 3.05) is 31.1 Å². The van der Waals surface area contributed by atoms with E-state index >= 15 is 0 Å². The van der Waals surface area contributed by atoms with Crippen LogP contribution in [0, 0.1) is 11.8 Å². The number of amides is 1. The molecule has 0 aromatic carbocycles. The maximum absolute atomic E-state index is 13.1. The quantitative estimate of drug-likeness (QED) is 0.633. The zero-order valence-corrected chi connectivity index (χ0v) is 18.8. The van der Waals surface area contributed by atoms with E-state index in [1.807, 2.05) is 4.90 Å². The first-order chi connectivity index (χ1) is 16.0. The summed E-state index contributed by atoms with van der Waals surface area (Å²) < 4.78 is 3.25. The second-order valence-corrected chi connectivity index (χ2v) is 9.09. The van der Waals surface area contributed by atoms with Crippen LogP contribution in [0.2, 0.25) is 0 Å². The molecule has 5 rings (SSSR count). The first kappa shape index (κ1) is 21.4. The average Bonchev–Trinajstić information content (AvgIpc) is 3.09. The van der Waals surface area contributed by atoms with Crippen molar-refractivity contribution < 1.29 is 4.79 Å². The number of rotatable bonds is 4. The molecule has 4 heterocycles. The number of hydrogen-bond acceptors (Lipinski definition) is 6. The van der Waals surface area contributed by atoms with Gasteiger partial charge in [0.15, 0.2) is 0 Å². The zero-order valence-electron chi connectivity index (χ0n) is 18.8. The molecular formula is C23H29N7O3. The van der Waals surface area contributed by atoms with Gasteiger partial charge < -0.3 is 14.8 Å². The van der Waals surface area contributed by atoms with E-state index < -0.39 is 0 Å². The molecule has 0 atom stereocenters. The second-order valence-electron chi connectivity index (χ2n) is 9.09. The zero-order chi connectivity index (χ0) is 22.9. The number of piperazine rings is 1. The summed E-state index contributed by atoms with van der Waals surface area (Å²) in [6.07, 6.45) is 6.94. The maximum Gasteiger partial charge on any atom is 0.330 e. The van der Waals surface area contributed by atoms with Crippen LogP contribution in [0.3, 0.4) is 0 Å². The van der Waals surface area contributed by atoms with Gasteiger partial charge in [-0.05, 0) is 43.7 Å². The molecule has 0 bridgehead atoms. The molecule has 3 aromatic heterocycles. The predicted molar refractivity (Wildman–Crippen MR) is 124 cm³/mol. The summed E-state index contributed by atoms with van der Waals surface area (Å²) in [7, 11) is 1.72. The Hall–Kier alpha value is -3.43. The van der Waals surface area contributed by atoms with Gasteiger partial charge >= 0.3 is 5.69 Å². The Morgan fingerprint density at radius 3 is 2.42 bits per heavy atom. The molecule has 10 nitrogen and oxygen atoms in total. The molecule has 10 heteroatoms. The van der Waals surface area contributed by atoms with E-state index in [-0.39, 0.29) is 23.1 Å². The van der Waals surface area contributed by atoms with Gasteiger partial charge in [-0.2, -0.15) is 0 Å². The molecule has 2 aliphatic rings. The van der Waals surface area contributed by atoms with Crippen LogP contribution < -0.4 is 16.1 Å². The third-order valence-corrected chi connectivity index (χ3v) is 7.09. The molecule has 1 saturated heterocycles. The highest BCUT2D eigenvalue weighted by molar-refractivity contribution is 5.79. The van der Waals surface area contributed by atoms with E-state index in [1.54, 1.807) is 40.7 Å². The van der Waals surface area contributed by atoms with Gasteiger partial charge in [0, 0.05) is 64.1 Å². The van der Waals surface area contributed by atoms with Crippen molar-refractivity contribution in [3.8, 4) is 0 Å². The summed E-state index contributed by atoms with van der Waals surface area (Å²) in [4.78, 5) is 53.1. The van der Waals surface area contributed by atoms with Crippen molar-refractivity contribution in [3.05, 3.63) is 51.4 Å². The van der Waals surface area contributed by atoms with Crippen molar-refractivity contribution in [2.45, 2.75) is 32.2 Å². The van der Waals surface area contributed by atoms with E-state index in [0.29, 0.717) is 31.2 Å². The number of nitrogens with one attached hydrogen (secondary N) is 1. The minimum absolute atomic E-state index is 0.0461. The Bertz CT molecular complexity index is 1250. The van der Waals surface area contributed by atoms with Crippen LogP contribution >= 0.6 is 0 Å². The number of carbonyl (C=O) groups is 1. The second kappa shape index (κ2) is 8.84. The lowest BCUT2D eigenvalue weighted by molar-refractivity contribution is -0.137. The summed E-state index contributed by atoms with van der Waals surface area (Å²) in [5, 5.41) is 0. The average molecular weight is 452 g/mol. The van der Waals surface area contributed by atoms with E-state index in [0.717, 1.165) is 50.2 Å². The van der Waals surface area contributed by atoms with Gasteiger partial charge in [-0.3, -0.25) is 18.7 Å². The number of pyridine rings is 1. The number of H-pyrrole nitrogens is 1. The van der Waals surface area contributed by atoms with Crippen LogP contribution in [0.15, 0.2) is 40.2 Å². The monoisotopic (exact) mass is 451 g/mol. The lowest BCUT2D eigenvalue weighted by atomic mass is 9.81. The van der Waals surface area contributed by atoms with Gasteiger partial charge in [-0.25, -0.2) is 14.8 Å². The fourth-order valence-electron chi connectivity index (χ4n) is 5.17. The Morgan fingerprint density at radius 1 is 1.03 bits per heavy atom. The number of hydrogen-bond donors (Lipinski definition) is 1. The Labute approximate surface area is 190 Å². The van der Waals surface area contributed by atoms with Gasteiger partial charge in [0.2, 0.25) is 17.4 Å². The minimum atomic E-state index is -0.213. The van der Waals surface area contributed by atoms with Crippen LogP contribution in [0.5, 0.6) is 0 Å².